The normalized spacial score (nSPS) is 9.62. The molecule has 0 heterocycles. The molecule has 13 heavy (non-hydrogen) atoms. The lowest BCUT2D eigenvalue weighted by Crippen LogP contribution is -2.21. The molecule has 1 rings (SSSR count). The smallest absolute Gasteiger partial charge is 0.219 e. The Morgan fingerprint density at radius 2 is 2.15 bits per heavy atom. The molecule has 70 valence electrons. The third-order valence-electron chi connectivity index (χ3n) is 1.85. The molecule has 0 saturated carbocycles. The van der Waals surface area contributed by atoms with Gasteiger partial charge >= 0.3 is 0 Å². The first-order valence-corrected chi connectivity index (χ1v) is 4.34. The molecule has 3 heteroatoms. The topological polar surface area (TPSA) is 55.1 Å². The summed E-state index contributed by atoms with van der Waals surface area (Å²) in [5.74, 6) is 0.0447. The summed E-state index contributed by atoms with van der Waals surface area (Å²) in [6.07, 6.45) is 0.507. The van der Waals surface area contributed by atoms with Gasteiger partial charge in [0.2, 0.25) is 5.91 Å². The van der Waals surface area contributed by atoms with Gasteiger partial charge in [0, 0.05) is 18.7 Å². The zero-order valence-electron chi connectivity index (χ0n) is 7.71. The van der Waals surface area contributed by atoms with Crippen molar-refractivity contribution < 1.29 is 4.79 Å². The van der Waals surface area contributed by atoms with Gasteiger partial charge in [0.1, 0.15) is 0 Å². The number of para-hydroxylation sites is 1. The lowest BCUT2D eigenvalue weighted by atomic mass is 10.2. The van der Waals surface area contributed by atoms with E-state index >= 15 is 0 Å². The lowest BCUT2D eigenvalue weighted by Gasteiger charge is -2.05. The minimum absolute atomic E-state index is 0.0447. The number of hydrogen-bond donors (Lipinski definition) is 2. The predicted molar refractivity (Wildman–Crippen MR) is 53.0 cm³/mol. The van der Waals surface area contributed by atoms with Gasteiger partial charge in [0.05, 0.1) is 0 Å². The van der Waals surface area contributed by atoms with Crippen molar-refractivity contribution in [3.05, 3.63) is 29.8 Å². The first-order chi connectivity index (χ1) is 6.24. The highest BCUT2D eigenvalue weighted by molar-refractivity contribution is 5.75. The number of nitrogens with two attached hydrogens (primary N) is 1. The van der Waals surface area contributed by atoms with E-state index in [0.29, 0.717) is 13.0 Å². The molecule has 0 bridgehead atoms. The van der Waals surface area contributed by atoms with Crippen LogP contribution in [-0.2, 0) is 11.3 Å². The Bertz CT molecular complexity index is 297. The van der Waals surface area contributed by atoms with Crippen molar-refractivity contribution >= 4 is 11.6 Å². The van der Waals surface area contributed by atoms with E-state index in [1.807, 2.05) is 31.2 Å². The van der Waals surface area contributed by atoms with Gasteiger partial charge in [0.15, 0.2) is 0 Å². The molecule has 1 amide bonds. The van der Waals surface area contributed by atoms with Crippen LogP contribution in [0, 0.1) is 0 Å². The molecule has 0 radical (unpaired) electrons. The highest BCUT2D eigenvalue weighted by atomic mass is 16.1. The van der Waals surface area contributed by atoms with E-state index in [9.17, 15) is 4.79 Å². The van der Waals surface area contributed by atoms with Crippen molar-refractivity contribution in [1.82, 2.24) is 5.32 Å². The van der Waals surface area contributed by atoms with E-state index in [1.165, 1.54) is 0 Å². The summed E-state index contributed by atoms with van der Waals surface area (Å²) in [7, 11) is 0. The number of hydrogen-bond acceptors (Lipinski definition) is 2. The summed E-state index contributed by atoms with van der Waals surface area (Å²) in [5, 5.41) is 2.77. The van der Waals surface area contributed by atoms with Crippen LogP contribution < -0.4 is 11.1 Å². The predicted octanol–water partition coefficient (Wildman–Crippen LogP) is 1.29. The van der Waals surface area contributed by atoms with Gasteiger partial charge in [-0.25, -0.2) is 0 Å². The van der Waals surface area contributed by atoms with Crippen LogP contribution >= 0.6 is 0 Å². The average Bonchev–Trinajstić information content (AvgIpc) is 2.16. The zero-order valence-corrected chi connectivity index (χ0v) is 7.71. The fraction of sp³-hybridized carbons (Fsp3) is 0.300. The summed E-state index contributed by atoms with van der Waals surface area (Å²) >= 11 is 0. The van der Waals surface area contributed by atoms with Crippen molar-refractivity contribution in [2.45, 2.75) is 19.9 Å². The van der Waals surface area contributed by atoms with Gasteiger partial charge < -0.3 is 11.1 Å². The van der Waals surface area contributed by atoms with Gasteiger partial charge in [-0.3, -0.25) is 4.79 Å². The summed E-state index contributed by atoms with van der Waals surface area (Å²) in [5.41, 5.74) is 7.38. The Morgan fingerprint density at radius 1 is 1.46 bits per heavy atom. The first kappa shape index (κ1) is 9.58. The Morgan fingerprint density at radius 3 is 2.77 bits per heavy atom. The Hall–Kier alpha value is -1.51. The molecule has 0 fully saturated rings. The number of benzene rings is 1. The molecule has 0 aliphatic rings. The summed E-state index contributed by atoms with van der Waals surface area (Å²) < 4.78 is 0. The van der Waals surface area contributed by atoms with E-state index < -0.39 is 0 Å². The second-order valence-electron chi connectivity index (χ2n) is 2.83. The van der Waals surface area contributed by atoms with Crippen LogP contribution in [0.4, 0.5) is 5.69 Å². The highest BCUT2D eigenvalue weighted by Crippen LogP contribution is 2.09. The number of anilines is 1. The van der Waals surface area contributed by atoms with Crippen LogP contribution in [0.5, 0.6) is 0 Å². The summed E-state index contributed by atoms with van der Waals surface area (Å²) in [4.78, 5) is 10.9. The fourth-order valence-corrected chi connectivity index (χ4v) is 1.01. The first-order valence-electron chi connectivity index (χ1n) is 4.34. The standard InChI is InChI=1S/C10H14N2O/c1-2-10(13)12-7-8-5-3-4-6-9(8)11/h3-6H,2,7,11H2,1H3,(H,12,13). The maximum Gasteiger partial charge on any atom is 0.219 e. The summed E-state index contributed by atoms with van der Waals surface area (Å²) in [6, 6.07) is 7.52. The van der Waals surface area contributed by atoms with Gasteiger partial charge in [-0.05, 0) is 11.6 Å². The molecule has 1 aromatic carbocycles. The van der Waals surface area contributed by atoms with Crippen LogP contribution in [0.1, 0.15) is 18.9 Å². The second kappa shape index (κ2) is 4.50. The Balaban J connectivity index is 2.54. The third-order valence-corrected chi connectivity index (χ3v) is 1.85. The molecule has 1 aromatic rings. The molecule has 0 saturated heterocycles. The Kier molecular flexibility index (Phi) is 3.31. The largest absolute Gasteiger partial charge is 0.398 e. The molecular weight excluding hydrogens is 164 g/mol. The van der Waals surface area contributed by atoms with Crippen molar-refractivity contribution in [2.75, 3.05) is 5.73 Å². The molecule has 3 nitrogen and oxygen atoms in total. The molecule has 0 atom stereocenters. The SMILES string of the molecule is CCC(=O)NCc1ccccc1N. The Labute approximate surface area is 77.9 Å². The van der Waals surface area contributed by atoms with E-state index in [-0.39, 0.29) is 5.91 Å². The number of nitrogens with one attached hydrogen (secondary N) is 1. The van der Waals surface area contributed by atoms with Crippen molar-refractivity contribution in [1.29, 1.82) is 0 Å². The molecule has 0 aliphatic carbocycles. The zero-order chi connectivity index (χ0) is 9.68. The monoisotopic (exact) mass is 178 g/mol. The van der Waals surface area contributed by atoms with Gasteiger partial charge in [-0.1, -0.05) is 25.1 Å². The molecular formula is C10H14N2O. The number of nitrogen functional groups attached to an aromatic ring is 1. The number of carbonyl (C=O) groups excluding carboxylic acids is 1. The van der Waals surface area contributed by atoms with Gasteiger partial charge in [0.25, 0.3) is 0 Å². The number of rotatable bonds is 3. The molecule has 0 aromatic heterocycles. The van der Waals surface area contributed by atoms with Crippen molar-refractivity contribution in [2.24, 2.45) is 0 Å². The highest BCUT2D eigenvalue weighted by Gasteiger charge is 1.99. The van der Waals surface area contributed by atoms with Crippen LogP contribution in [0.2, 0.25) is 0 Å². The maximum atomic E-state index is 10.9. The molecule has 0 spiro atoms. The minimum Gasteiger partial charge on any atom is -0.398 e. The molecule has 0 aliphatic heterocycles. The van der Waals surface area contributed by atoms with Crippen molar-refractivity contribution in [3.8, 4) is 0 Å². The van der Waals surface area contributed by atoms with Gasteiger partial charge in [-0.2, -0.15) is 0 Å². The van der Waals surface area contributed by atoms with Crippen LogP contribution in [0.25, 0.3) is 0 Å². The maximum absolute atomic E-state index is 10.9. The van der Waals surface area contributed by atoms with Crippen LogP contribution in [0.3, 0.4) is 0 Å². The lowest BCUT2D eigenvalue weighted by molar-refractivity contribution is -0.120. The molecule has 0 unspecified atom stereocenters. The number of carbonyl (C=O) groups is 1. The third kappa shape index (κ3) is 2.78. The quantitative estimate of drug-likeness (QED) is 0.685. The number of amides is 1. The van der Waals surface area contributed by atoms with Crippen LogP contribution in [0.15, 0.2) is 24.3 Å². The van der Waals surface area contributed by atoms with E-state index in [2.05, 4.69) is 5.32 Å². The van der Waals surface area contributed by atoms with E-state index in [0.717, 1.165) is 11.3 Å². The molecule has 3 N–H and O–H groups in total. The van der Waals surface area contributed by atoms with E-state index in [4.69, 9.17) is 5.73 Å². The van der Waals surface area contributed by atoms with E-state index in [1.54, 1.807) is 0 Å². The van der Waals surface area contributed by atoms with Crippen LogP contribution in [-0.4, -0.2) is 5.91 Å². The average molecular weight is 178 g/mol. The van der Waals surface area contributed by atoms with Gasteiger partial charge in [-0.15, -0.1) is 0 Å². The second-order valence-corrected chi connectivity index (χ2v) is 2.83. The minimum atomic E-state index is 0.0447. The fourth-order valence-electron chi connectivity index (χ4n) is 1.01. The summed E-state index contributed by atoms with van der Waals surface area (Å²) in [6.45, 7) is 2.34. The van der Waals surface area contributed by atoms with Crippen molar-refractivity contribution in [3.63, 3.8) is 0 Å².